The van der Waals surface area contributed by atoms with Crippen LogP contribution in [0.15, 0.2) is 24.8 Å². The molecule has 0 aliphatic carbocycles. The molecule has 0 radical (unpaired) electrons. The van der Waals surface area contributed by atoms with Crippen molar-refractivity contribution in [3.63, 3.8) is 0 Å². The number of benzene rings is 1. The maximum Gasteiger partial charge on any atom is 0.338 e. The van der Waals surface area contributed by atoms with E-state index in [0.717, 1.165) is 25.7 Å². The lowest BCUT2D eigenvalue weighted by Gasteiger charge is -2.09. The number of rotatable bonds is 9. The molecule has 0 unspecified atom stereocenters. The summed E-state index contributed by atoms with van der Waals surface area (Å²) in [6, 6.07) is 4.77. The van der Waals surface area contributed by atoms with Crippen LogP contribution in [0.2, 0.25) is 0 Å². The van der Waals surface area contributed by atoms with E-state index in [2.05, 4.69) is 6.58 Å². The molecule has 4 heteroatoms. The van der Waals surface area contributed by atoms with E-state index in [1.54, 1.807) is 24.3 Å². The quantitative estimate of drug-likeness (QED) is 0.505. The molecule has 22 heavy (non-hydrogen) atoms. The molecule has 0 saturated heterocycles. The van der Waals surface area contributed by atoms with Crippen molar-refractivity contribution in [3.05, 3.63) is 41.5 Å². The SMILES string of the molecule is C=Cc1cc(C(=O)OCCCC)ccc1C(=O)OCCCC. The van der Waals surface area contributed by atoms with Crippen molar-refractivity contribution in [1.29, 1.82) is 0 Å². The number of hydrogen-bond acceptors (Lipinski definition) is 4. The molecule has 1 rings (SSSR count). The van der Waals surface area contributed by atoms with Crippen LogP contribution in [0.25, 0.3) is 6.08 Å². The van der Waals surface area contributed by atoms with Crippen LogP contribution in [0.4, 0.5) is 0 Å². The van der Waals surface area contributed by atoms with Gasteiger partial charge in [0.15, 0.2) is 0 Å². The molecule has 0 bridgehead atoms. The molecule has 0 atom stereocenters. The van der Waals surface area contributed by atoms with Gasteiger partial charge in [0, 0.05) is 0 Å². The second kappa shape index (κ2) is 9.77. The lowest BCUT2D eigenvalue weighted by molar-refractivity contribution is 0.0485. The van der Waals surface area contributed by atoms with Gasteiger partial charge in [0.05, 0.1) is 24.3 Å². The Balaban J connectivity index is 2.80. The first-order valence-corrected chi connectivity index (χ1v) is 7.74. The van der Waals surface area contributed by atoms with E-state index >= 15 is 0 Å². The molecule has 0 spiro atoms. The Morgan fingerprint density at radius 1 is 1.05 bits per heavy atom. The molecule has 120 valence electrons. The normalized spacial score (nSPS) is 10.1. The van der Waals surface area contributed by atoms with Gasteiger partial charge in [-0.3, -0.25) is 0 Å². The molecule has 1 aromatic carbocycles. The first kappa shape index (κ1) is 18.0. The van der Waals surface area contributed by atoms with E-state index in [0.29, 0.717) is 29.9 Å². The fraction of sp³-hybridized carbons (Fsp3) is 0.444. The average molecular weight is 304 g/mol. The van der Waals surface area contributed by atoms with Crippen molar-refractivity contribution in [2.75, 3.05) is 13.2 Å². The molecule has 0 heterocycles. The number of carbonyl (C=O) groups is 2. The maximum atomic E-state index is 12.0. The number of esters is 2. The topological polar surface area (TPSA) is 52.6 Å². The molecular formula is C18H24O4. The number of ether oxygens (including phenoxy) is 2. The van der Waals surface area contributed by atoms with Gasteiger partial charge in [-0.2, -0.15) is 0 Å². The van der Waals surface area contributed by atoms with Crippen molar-refractivity contribution >= 4 is 18.0 Å². The van der Waals surface area contributed by atoms with Crippen LogP contribution < -0.4 is 0 Å². The molecule has 0 fully saturated rings. The molecule has 4 nitrogen and oxygen atoms in total. The molecule has 1 aromatic rings. The Morgan fingerprint density at radius 3 is 2.18 bits per heavy atom. The van der Waals surface area contributed by atoms with Gasteiger partial charge in [-0.1, -0.05) is 39.3 Å². The van der Waals surface area contributed by atoms with Gasteiger partial charge >= 0.3 is 11.9 Å². The molecular weight excluding hydrogens is 280 g/mol. The summed E-state index contributed by atoms with van der Waals surface area (Å²) in [6.07, 6.45) is 5.13. The van der Waals surface area contributed by atoms with Crippen molar-refractivity contribution in [1.82, 2.24) is 0 Å². The van der Waals surface area contributed by atoms with E-state index in [1.807, 2.05) is 13.8 Å². The minimum Gasteiger partial charge on any atom is -0.462 e. The van der Waals surface area contributed by atoms with Crippen LogP contribution in [0, 0.1) is 0 Å². The third-order valence-corrected chi connectivity index (χ3v) is 3.19. The molecule has 0 aliphatic rings. The summed E-state index contributed by atoms with van der Waals surface area (Å²) in [6.45, 7) is 8.54. The van der Waals surface area contributed by atoms with Gasteiger partial charge in [-0.15, -0.1) is 0 Å². The Bertz CT molecular complexity index is 520. The van der Waals surface area contributed by atoms with Gasteiger partial charge in [0.2, 0.25) is 0 Å². The van der Waals surface area contributed by atoms with Crippen molar-refractivity contribution in [2.45, 2.75) is 39.5 Å². The summed E-state index contributed by atoms with van der Waals surface area (Å²) in [5.74, 6) is -0.781. The molecule has 0 amide bonds. The first-order valence-electron chi connectivity index (χ1n) is 7.74. The van der Waals surface area contributed by atoms with Gasteiger partial charge < -0.3 is 9.47 Å². The lowest BCUT2D eigenvalue weighted by Crippen LogP contribution is -2.11. The highest BCUT2D eigenvalue weighted by molar-refractivity contribution is 5.97. The van der Waals surface area contributed by atoms with Crippen LogP contribution in [0.3, 0.4) is 0 Å². The number of carbonyl (C=O) groups excluding carboxylic acids is 2. The molecule has 0 N–H and O–H groups in total. The van der Waals surface area contributed by atoms with E-state index in [9.17, 15) is 9.59 Å². The fourth-order valence-electron chi connectivity index (χ4n) is 1.82. The molecule has 0 aromatic heterocycles. The zero-order chi connectivity index (χ0) is 16.4. The standard InChI is InChI=1S/C18H24O4/c1-4-7-11-21-17(19)15-9-10-16(14(6-3)13-15)18(20)22-12-8-5-2/h6,9-10,13H,3-5,7-8,11-12H2,1-2H3. The van der Waals surface area contributed by atoms with Gasteiger partial charge in [-0.05, 0) is 36.6 Å². The largest absolute Gasteiger partial charge is 0.462 e. The Kier molecular flexibility index (Phi) is 7.97. The second-order valence-corrected chi connectivity index (χ2v) is 4.99. The Morgan fingerprint density at radius 2 is 1.64 bits per heavy atom. The van der Waals surface area contributed by atoms with Crippen LogP contribution in [0.1, 0.15) is 65.8 Å². The lowest BCUT2D eigenvalue weighted by atomic mass is 10.0. The first-order chi connectivity index (χ1) is 10.6. The van der Waals surface area contributed by atoms with E-state index in [-0.39, 0.29) is 5.97 Å². The van der Waals surface area contributed by atoms with Crippen molar-refractivity contribution in [2.24, 2.45) is 0 Å². The van der Waals surface area contributed by atoms with Crippen molar-refractivity contribution < 1.29 is 19.1 Å². The minimum absolute atomic E-state index is 0.387. The highest BCUT2D eigenvalue weighted by Crippen LogP contribution is 2.16. The number of hydrogen-bond donors (Lipinski definition) is 0. The Labute approximate surface area is 132 Å². The smallest absolute Gasteiger partial charge is 0.338 e. The summed E-state index contributed by atoms with van der Waals surface area (Å²) in [4.78, 5) is 23.9. The maximum absolute atomic E-state index is 12.0. The third kappa shape index (κ3) is 5.35. The van der Waals surface area contributed by atoms with Crippen LogP contribution in [-0.2, 0) is 9.47 Å². The summed E-state index contributed by atoms with van der Waals surface area (Å²) in [5, 5.41) is 0. The van der Waals surface area contributed by atoms with Crippen LogP contribution >= 0.6 is 0 Å². The molecule has 0 aliphatic heterocycles. The zero-order valence-corrected chi connectivity index (χ0v) is 13.4. The predicted molar refractivity (Wildman–Crippen MR) is 86.9 cm³/mol. The monoisotopic (exact) mass is 304 g/mol. The second-order valence-electron chi connectivity index (χ2n) is 4.99. The van der Waals surface area contributed by atoms with Gasteiger partial charge in [0.1, 0.15) is 0 Å². The van der Waals surface area contributed by atoms with Gasteiger partial charge in [0.25, 0.3) is 0 Å². The number of unbranched alkanes of at least 4 members (excludes halogenated alkanes) is 2. The fourth-order valence-corrected chi connectivity index (χ4v) is 1.82. The van der Waals surface area contributed by atoms with E-state index < -0.39 is 5.97 Å². The predicted octanol–water partition coefficient (Wildman–Crippen LogP) is 4.24. The highest BCUT2D eigenvalue weighted by Gasteiger charge is 2.15. The van der Waals surface area contributed by atoms with Crippen LogP contribution in [-0.4, -0.2) is 25.2 Å². The van der Waals surface area contributed by atoms with Crippen LogP contribution in [0.5, 0.6) is 0 Å². The third-order valence-electron chi connectivity index (χ3n) is 3.19. The summed E-state index contributed by atoms with van der Waals surface area (Å²) < 4.78 is 10.3. The highest BCUT2D eigenvalue weighted by atomic mass is 16.5. The summed E-state index contributed by atoms with van der Waals surface area (Å²) in [7, 11) is 0. The summed E-state index contributed by atoms with van der Waals surface area (Å²) in [5.41, 5.74) is 1.40. The minimum atomic E-state index is -0.394. The van der Waals surface area contributed by atoms with Gasteiger partial charge in [-0.25, -0.2) is 9.59 Å². The average Bonchev–Trinajstić information content (AvgIpc) is 2.54. The van der Waals surface area contributed by atoms with Crippen molar-refractivity contribution in [3.8, 4) is 0 Å². The van der Waals surface area contributed by atoms with E-state index in [4.69, 9.17) is 9.47 Å². The van der Waals surface area contributed by atoms with E-state index in [1.165, 1.54) is 0 Å². The zero-order valence-electron chi connectivity index (χ0n) is 13.4. The molecule has 0 saturated carbocycles. The summed E-state index contributed by atoms with van der Waals surface area (Å²) >= 11 is 0. The Hall–Kier alpha value is -2.10.